The predicted octanol–water partition coefficient (Wildman–Crippen LogP) is 2.20. The van der Waals surface area contributed by atoms with Crippen molar-refractivity contribution in [3.63, 3.8) is 0 Å². The minimum atomic E-state index is -3.46. The molecule has 2 aromatic heterocycles. The molecule has 2 aromatic rings. The van der Waals surface area contributed by atoms with Crippen molar-refractivity contribution in [1.82, 2.24) is 19.4 Å². The van der Waals surface area contributed by atoms with E-state index in [0.717, 1.165) is 42.4 Å². The van der Waals surface area contributed by atoms with Crippen molar-refractivity contribution in [3.05, 3.63) is 34.5 Å². The van der Waals surface area contributed by atoms with Crippen LogP contribution < -0.4 is 4.72 Å². The maximum absolute atomic E-state index is 12.3. The number of nitrogens with one attached hydrogen (secondary N) is 1. The van der Waals surface area contributed by atoms with Gasteiger partial charge in [0, 0.05) is 24.5 Å². The van der Waals surface area contributed by atoms with Crippen LogP contribution in [0.1, 0.15) is 30.1 Å². The van der Waals surface area contributed by atoms with Gasteiger partial charge in [0.2, 0.25) is 10.0 Å². The minimum Gasteiger partial charge on any atom is -0.295 e. The molecule has 0 atom stereocenters. The summed E-state index contributed by atoms with van der Waals surface area (Å²) in [6.45, 7) is 10.4. The van der Waals surface area contributed by atoms with E-state index < -0.39 is 10.0 Å². The molecule has 0 saturated heterocycles. The summed E-state index contributed by atoms with van der Waals surface area (Å²) in [5.41, 5.74) is 1.93. The molecule has 132 valence electrons. The summed E-state index contributed by atoms with van der Waals surface area (Å²) in [7, 11) is -3.46. The van der Waals surface area contributed by atoms with E-state index in [-0.39, 0.29) is 6.54 Å². The highest BCUT2D eigenvalue weighted by Gasteiger charge is 2.20. The Kier molecular flexibility index (Phi) is 5.10. The van der Waals surface area contributed by atoms with E-state index in [1.807, 2.05) is 23.7 Å². The lowest BCUT2D eigenvalue weighted by Gasteiger charge is -2.28. The van der Waals surface area contributed by atoms with Gasteiger partial charge in [-0.3, -0.25) is 9.58 Å². The molecule has 0 aromatic carbocycles. The molecule has 0 aliphatic carbocycles. The average molecular weight is 369 g/mol. The third-order valence-electron chi connectivity index (χ3n) is 3.97. The molecule has 1 aliphatic heterocycles. The van der Waals surface area contributed by atoms with Gasteiger partial charge in [0.05, 0.1) is 24.5 Å². The Bertz CT molecular complexity index is 808. The van der Waals surface area contributed by atoms with Gasteiger partial charge in [-0.25, -0.2) is 13.1 Å². The van der Waals surface area contributed by atoms with Gasteiger partial charge in [-0.2, -0.15) is 5.10 Å². The topological polar surface area (TPSA) is 67.2 Å². The van der Waals surface area contributed by atoms with Crippen molar-refractivity contribution in [1.29, 1.82) is 0 Å². The normalized spacial score (nSPS) is 15.8. The first-order valence-electron chi connectivity index (χ1n) is 8.17. The predicted molar refractivity (Wildman–Crippen MR) is 95.4 cm³/mol. The number of fused-ring (bicyclic) bond motifs is 1. The van der Waals surface area contributed by atoms with Crippen molar-refractivity contribution >= 4 is 21.4 Å². The number of aryl methyl sites for hydroxylation is 1. The van der Waals surface area contributed by atoms with Gasteiger partial charge in [-0.1, -0.05) is 13.8 Å². The second-order valence-corrected chi connectivity index (χ2v) is 9.95. The van der Waals surface area contributed by atoms with Crippen LogP contribution in [0.5, 0.6) is 0 Å². The molecule has 1 aliphatic rings. The maximum Gasteiger partial charge on any atom is 0.250 e. The van der Waals surface area contributed by atoms with Crippen LogP contribution in [-0.2, 0) is 29.7 Å². The Hall–Kier alpha value is -1.22. The average Bonchev–Trinajstić information content (AvgIpc) is 3.10. The highest BCUT2D eigenvalue weighted by atomic mass is 32.2. The summed E-state index contributed by atoms with van der Waals surface area (Å²) < 4.78 is 29.6. The molecule has 0 fully saturated rings. The zero-order chi connectivity index (χ0) is 17.3. The molecule has 0 amide bonds. The molecule has 0 bridgehead atoms. The summed E-state index contributed by atoms with van der Waals surface area (Å²) in [4.78, 5) is 3.41. The van der Waals surface area contributed by atoms with Crippen LogP contribution in [0.2, 0.25) is 0 Å². The molecule has 8 heteroatoms. The van der Waals surface area contributed by atoms with E-state index >= 15 is 0 Å². The largest absolute Gasteiger partial charge is 0.295 e. The summed E-state index contributed by atoms with van der Waals surface area (Å²) in [5.74, 6) is 0.639. The van der Waals surface area contributed by atoms with E-state index in [4.69, 9.17) is 0 Å². The summed E-state index contributed by atoms with van der Waals surface area (Å²) in [5, 5.41) is 4.53. The van der Waals surface area contributed by atoms with Crippen molar-refractivity contribution in [3.8, 4) is 0 Å². The van der Waals surface area contributed by atoms with E-state index in [9.17, 15) is 8.42 Å². The van der Waals surface area contributed by atoms with Crippen LogP contribution in [0, 0.1) is 12.8 Å². The van der Waals surface area contributed by atoms with E-state index in [0.29, 0.717) is 10.1 Å². The lowest BCUT2D eigenvalue weighted by Crippen LogP contribution is -2.36. The van der Waals surface area contributed by atoms with Gasteiger partial charge in [0.1, 0.15) is 4.21 Å². The fraction of sp³-hybridized carbons (Fsp3) is 0.562. The molecule has 0 radical (unpaired) electrons. The second kappa shape index (κ2) is 6.95. The molecule has 6 nitrogen and oxygen atoms in total. The van der Waals surface area contributed by atoms with E-state index in [1.165, 1.54) is 11.3 Å². The monoisotopic (exact) mass is 368 g/mol. The van der Waals surface area contributed by atoms with Crippen LogP contribution in [0.3, 0.4) is 0 Å². The fourth-order valence-corrected chi connectivity index (χ4v) is 5.26. The smallest absolute Gasteiger partial charge is 0.250 e. The lowest BCUT2D eigenvalue weighted by atomic mass is 10.2. The van der Waals surface area contributed by atoms with Gasteiger partial charge in [0.15, 0.2) is 0 Å². The van der Waals surface area contributed by atoms with Crippen molar-refractivity contribution in [2.75, 3.05) is 13.1 Å². The zero-order valence-corrected chi connectivity index (χ0v) is 16.0. The van der Waals surface area contributed by atoms with Gasteiger partial charge in [-0.05, 0) is 31.0 Å². The first kappa shape index (κ1) is 17.6. The van der Waals surface area contributed by atoms with Crippen LogP contribution in [0.4, 0.5) is 0 Å². The van der Waals surface area contributed by atoms with Gasteiger partial charge in [-0.15, -0.1) is 11.3 Å². The quantitative estimate of drug-likeness (QED) is 0.849. The van der Waals surface area contributed by atoms with Gasteiger partial charge < -0.3 is 0 Å². The molecule has 1 N–H and O–H groups in total. The molecular weight excluding hydrogens is 344 g/mol. The number of aromatic nitrogens is 2. The number of hydrogen-bond donors (Lipinski definition) is 1. The number of thiophene rings is 1. The number of sulfonamides is 1. The summed E-state index contributed by atoms with van der Waals surface area (Å²) in [6, 6.07) is 5.47. The third kappa shape index (κ3) is 4.05. The van der Waals surface area contributed by atoms with Crippen molar-refractivity contribution in [2.45, 2.75) is 44.6 Å². The highest BCUT2D eigenvalue weighted by molar-refractivity contribution is 7.91. The van der Waals surface area contributed by atoms with Crippen LogP contribution in [0.25, 0.3) is 0 Å². The standard InChI is InChI=1S/C16H24N4O2S2/c1-12(2)10-19-6-7-20-15(11-19)8-14(18-20)9-17-24(21,22)16-5-4-13(3)23-16/h4-5,8,12,17H,6-7,9-11H2,1-3H3. The number of hydrogen-bond acceptors (Lipinski definition) is 5. The molecule has 0 saturated carbocycles. The van der Waals surface area contributed by atoms with Gasteiger partial charge >= 0.3 is 0 Å². The number of rotatable bonds is 6. The van der Waals surface area contributed by atoms with E-state index in [1.54, 1.807) is 6.07 Å². The summed E-state index contributed by atoms with van der Waals surface area (Å²) in [6.07, 6.45) is 0. The van der Waals surface area contributed by atoms with Crippen LogP contribution >= 0.6 is 11.3 Å². The Morgan fingerprint density at radius 1 is 1.33 bits per heavy atom. The molecule has 24 heavy (non-hydrogen) atoms. The highest BCUT2D eigenvalue weighted by Crippen LogP contribution is 2.21. The Labute approximate surface area is 147 Å². The lowest BCUT2D eigenvalue weighted by molar-refractivity contribution is 0.192. The fourth-order valence-electron chi connectivity index (χ4n) is 2.94. The molecule has 3 rings (SSSR count). The SMILES string of the molecule is Cc1ccc(S(=O)(=O)NCc2cc3n(n2)CCN(CC(C)C)C3)s1. The van der Waals surface area contributed by atoms with E-state index in [2.05, 4.69) is 28.6 Å². The first-order valence-corrected chi connectivity index (χ1v) is 10.5. The van der Waals surface area contributed by atoms with Crippen LogP contribution in [-0.4, -0.2) is 36.2 Å². The first-order chi connectivity index (χ1) is 11.3. The Morgan fingerprint density at radius 3 is 2.79 bits per heavy atom. The Balaban J connectivity index is 1.64. The zero-order valence-electron chi connectivity index (χ0n) is 14.3. The maximum atomic E-state index is 12.3. The van der Waals surface area contributed by atoms with Crippen molar-refractivity contribution in [2.24, 2.45) is 5.92 Å². The van der Waals surface area contributed by atoms with Gasteiger partial charge in [0.25, 0.3) is 0 Å². The van der Waals surface area contributed by atoms with Crippen molar-refractivity contribution < 1.29 is 8.42 Å². The third-order valence-corrected chi connectivity index (χ3v) is 6.87. The minimum absolute atomic E-state index is 0.226. The molecule has 0 spiro atoms. The number of nitrogens with zero attached hydrogens (tertiary/aromatic N) is 3. The molecule has 0 unspecified atom stereocenters. The molecule has 3 heterocycles. The Morgan fingerprint density at radius 2 is 2.12 bits per heavy atom. The van der Waals surface area contributed by atoms with Crippen LogP contribution in [0.15, 0.2) is 22.4 Å². The second-order valence-electron chi connectivity index (χ2n) is 6.67. The summed E-state index contributed by atoms with van der Waals surface area (Å²) >= 11 is 1.28. The molecular formula is C16H24N4O2S2.